The van der Waals surface area contributed by atoms with Gasteiger partial charge in [0.15, 0.2) is 16.5 Å². The Morgan fingerprint density at radius 2 is 1.91 bits per heavy atom. The maximum atomic E-state index is 13.2. The monoisotopic (exact) mass is 472 g/mol. The first-order valence-electron chi connectivity index (χ1n) is 10.6. The smallest absolute Gasteiger partial charge is 0.275 e. The molecule has 3 aromatic rings. The molecule has 1 N–H and O–H groups in total. The fraction of sp³-hybridized carbons (Fsp3) is 0.391. The van der Waals surface area contributed by atoms with Gasteiger partial charge in [-0.2, -0.15) is 0 Å². The topological polar surface area (TPSA) is 97.5 Å². The van der Waals surface area contributed by atoms with Crippen LogP contribution in [0.25, 0.3) is 10.6 Å². The number of carbonyl (C=O) groups is 1. The van der Waals surface area contributed by atoms with E-state index in [1.807, 2.05) is 20.8 Å². The Balaban J connectivity index is 1.72. The number of nitrogens with zero attached hydrogens (tertiary/aromatic N) is 4. The van der Waals surface area contributed by atoms with E-state index in [2.05, 4.69) is 10.2 Å². The molecule has 0 radical (unpaired) electrons. The highest BCUT2D eigenvalue weighted by atomic mass is 32.1. The Kier molecular flexibility index (Phi) is 6.31. The predicted molar refractivity (Wildman–Crippen MR) is 122 cm³/mol. The number of carbonyl (C=O) groups excluding carboxylic acids is 1. The van der Waals surface area contributed by atoms with Crippen LogP contribution in [0, 0.1) is 5.82 Å². The molecule has 33 heavy (non-hydrogen) atoms. The summed E-state index contributed by atoms with van der Waals surface area (Å²) in [5.41, 5.74) is 0.336. The van der Waals surface area contributed by atoms with Gasteiger partial charge in [-0.05, 0) is 38.5 Å². The number of halogens is 1. The Morgan fingerprint density at radius 3 is 2.55 bits per heavy atom. The van der Waals surface area contributed by atoms with Gasteiger partial charge in [0.2, 0.25) is 5.43 Å². The van der Waals surface area contributed by atoms with Crippen molar-refractivity contribution in [1.29, 1.82) is 0 Å². The molecule has 1 amide bonds. The molecule has 0 unspecified atom stereocenters. The Labute approximate surface area is 194 Å². The highest BCUT2D eigenvalue weighted by molar-refractivity contribution is 7.14. The standard InChI is InChI=1S/C23H25FN4O4S/c1-12(2)28-17(13(3)32-4)11-27-10-16(20(29)21(30)19(27)23(28)31)22-26-25-18(33-22)9-14-5-7-15(24)8-6-14/h5-8,10,12-13,17,30H,9,11H2,1-4H3/t13-,17-/m0/s1. The number of hydrogen-bond acceptors (Lipinski definition) is 7. The highest BCUT2D eigenvalue weighted by Crippen LogP contribution is 2.31. The quantitative estimate of drug-likeness (QED) is 0.592. The van der Waals surface area contributed by atoms with Crippen LogP contribution in [0.2, 0.25) is 0 Å². The Bertz CT molecular complexity index is 1240. The second-order valence-electron chi connectivity index (χ2n) is 8.34. The number of hydrogen-bond donors (Lipinski definition) is 1. The molecule has 1 aliphatic heterocycles. The third kappa shape index (κ3) is 4.28. The molecule has 4 rings (SSSR count). The molecule has 174 valence electrons. The van der Waals surface area contributed by atoms with E-state index in [9.17, 15) is 19.1 Å². The lowest BCUT2D eigenvalue weighted by Gasteiger charge is -2.42. The van der Waals surface area contributed by atoms with Gasteiger partial charge in [0.05, 0.1) is 17.7 Å². The number of pyridine rings is 1. The first-order chi connectivity index (χ1) is 15.7. The minimum absolute atomic E-state index is 0.0342. The molecule has 0 bridgehead atoms. The van der Waals surface area contributed by atoms with E-state index in [-0.39, 0.29) is 35.3 Å². The molecule has 0 aliphatic carbocycles. The zero-order valence-corrected chi connectivity index (χ0v) is 19.6. The Hall–Kier alpha value is -3.11. The summed E-state index contributed by atoms with van der Waals surface area (Å²) in [6.45, 7) is 6.01. The molecule has 3 heterocycles. The summed E-state index contributed by atoms with van der Waals surface area (Å²) >= 11 is 1.22. The van der Waals surface area contributed by atoms with Crippen LogP contribution in [0.3, 0.4) is 0 Å². The number of fused-ring (bicyclic) bond motifs is 1. The molecule has 0 saturated carbocycles. The fourth-order valence-corrected chi connectivity index (χ4v) is 4.97. The molecule has 2 aromatic heterocycles. The largest absolute Gasteiger partial charge is 0.503 e. The summed E-state index contributed by atoms with van der Waals surface area (Å²) in [5, 5.41) is 20.0. The maximum absolute atomic E-state index is 13.2. The van der Waals surface area contributed by atoms with Gasteiger partial charge in [-0.25, -0.2) is 4.39 Å². The molecule has 1 aliphatic rings. The number of amides is 1. The first-order valence-corrected chi connectivity index (χ1v) is 11.4. The molecule has 0 spiro atoms. The van der Waals surface area contributed by atoms with E-state index in [4.69, 9.17) is 4.74 Å². The van der Waals surface area contributed by atoms with Gasteiger partial charge in [0.1, 0.15) is 10.8 Å². The zero-order chi connectivity index (χ0) is 23.9. The van der Waals surface area contributed by atoms with Crippen LogP contribution < -0.4 is 5.43 Å². The fourth-order valence-electron chi connectivity index (χ4n) is 4.09. The second kappa shape index (κ2) is 9.03. The van der Waals surface area contributed by atoms with E-state index in [0.717, 1.165) is 5.56 Å². The van der Waals surface area contributed by atoms with Crippen molar-refractivity contribution in [2.24, 2.45) is 0 Å². The third-order valence-corrected chi connectivity index (χ3v) is 6.83. The van der Waals surface area contributed by atoms with Crippen molar-refractivity contribution in [3.05, 3.63) is 62.8 Å². The molecule has 0 saturated heterocycles. The van der Waals surface area contributed by atoms with Crippen LogP contribution in [0.4, 0.5) is 4.39 Å². The van der Waals surface area contributed by atoms with Crippen LogP contribution in [0.5, 0.6) is 5.75 Å². The average Bonchev–Trinajstić information content (AvgIpc) is 3.24. The van der Waals surface area contributed by atoms with Crippen molar-refractivity contribution >= 4 is 17.2 Å². The minimum atomic E-state index is -0.666. The third-order valence-electron chi connectivity index (χ3n) is 5.87. The van der Waals surface area contributed by atoms with Gasteiger partial charge < -0.3 is 19.3 Å². The number of ether oxygens (including phenoxy) is 1. The summed E-state index contributed by atoms with van der Waals surface area (Å²) in [6, 6.07) is 5.67. The van der Waals surface area contributed by atoms with Gasteiger partial charge in [-0.3, -0.25) is 9.59 Å². The summed E-state index contributed by atoms with van der Waals surface area (Å²) in [6.07, 6.45) is 1.74. The second-order valence-corrected chi connectivity index (χ2v) is 9.40. The van der Waals surface area contributed by atoms with Crippen molar-refractivity contribution in [1.82, 2.24) is 19.7 Å². The van der Waals surface area contributed by atoms with Gasteiger partial charge >= 0.3 is 0 Å². The number of rotatable bonds is 6. The summed E-state index contributed by atoms with van der Waals surface area (Å²) < 4.78 is 20.2. The number of aromatic hydroxyl groups is 1. The molecule has 10 heteroatoms. The maximum Gasteiger partial charge on any atom is 0.275 e. The first kappa shape index (κ1) is 23.1. The van der Waals surface area contributed by atoms with Crippen molar-refractivity contribution in [3.8, 4) is 16.3 Å². The minimum Gasteiger partial charge on any atom is -0.503 e. The van der Waals surface area contributed by atoms with Crippen molar-refractivity contribution in [3.63, 3.8) is 0 Å². The number of methoxy groups -OCH3 is 1. The van der Waals surface area contributed by atoms with E-state index in [0.29, 0.717) is 23.0 Å². The summed E-state index contributed by atoms with van der Waals surface area (Å²) in [4.78, 5) is 27.9. The van der Waals surface area contributed by atoms with Gasteiger partial charge in [-0.15, -0.1) is 10.2 Å². The Morgan fingerprint density at radius 1 is 1.21 bits per heavy atom. The van der Waals surface area contributed by atoms with Crippen LogP contribution >= 0.6 is 11.3 Å². The molecule has 8 nitrogen and oxygen atoms in total. The molecule has 1 aromatic carbocycles. The van der Waals surface area contributed by atoms with Crippen LogP contribution in [-0.2, 0) is 17.7 Å². The molecule has 0 fully saturated rings. The lowest BCUT2D eigenvalue weighted by atomic mass is 10.0. The number of aromatic nitrogens is 3. The SMILES string of the molecule is CO[C@@H](C)[C@@H]1Cn2cc(-c3nnc(Cc4ccc(F)cc4)s3)c(=O)c(O)c2C(=O)N1C(C)C. The van der Waals surface area contributed by atoms with Crippen LogP contribution in [0.1, 0.15) is 41.8 Å². The van der Waals surface area contributed by atoms with Crippen molar-refractivity contribution in [2.45, 2.75) is 51.9 Å². The normalized spacial score (nSPS) is 16.8. The highest BCUT2D eigenvalue weighted by Gasteiger charge is 2.39. The lowest BCUT2D eigenvalue weighted by molar-refractivity contribution is -0.00153. The van der Waals surface area contributed by atoms with E-state index >= 15 is 0 Å². The van der Waals surface area contributed by atoms with E-state index in [1.54, 1.807) is 34.9 Å². The number of benzene rings is 1. The predicted octanol–water partition coefficient (Wildman–Crippen LogP) is 3.07. The van der Waals surface area contributed by atoms with Crippen LogP contribution in [0.15, 0.2) is 35.3 Å². The summed E-state index contributed by atoms with van der Waals surface area (Å²) in [5.74, 6) is -1.33. The molecule has 2 atom stereocenters. The van der Waals surface area contributed by atoms with Gasteiger partial charge in [0, 0.05) is 32.3 Å². The van der Waals surface area contributed by atoms with Crippen molar-refractivity contribution in [2.75, 3.05) is 7.11 Å². The average molecular weight is 473 g/mol. The van der Waals surface area contributed by atoms with E-state index in [1.165, 1.54) is 23.5 Å². The summed E-state index contributed by atoms with van der Waals surface area (Å²) in [7, 11) is 1.58. The van der Waals surface area contributed by atoms with E-state index < -0.39 is 17.1 Å². The van der Waals surface area contributed by atoms with Crippen LogP contribution in [-0.4, -0.2) is 56.0 Å². The molecular weight excluding hydrogens is 447 g/mol. The van der Waals surface area contributed by atoms with Crippen molar-refractivity contribution < 1.29 is 19.0 Å². The van der Waals surface area contributed by atoms with Gasteiger partial charge in [-0.1, -0.05) is 23.5 Å². The lowest BCUT2D eigenvalue weighted by Crippen LogP contribution is -2.56. The van der Waals surface area contributed by atoms with Gasteiger partial charge in [0.25, 0.3) is 5.91 Å². The zero-order valence-electron chi connectivity index (χ0n) is 18.8. The molecular formula is C23H25FN4O4S.